The third kappa shape index (κ3) is 3.69. The quantitative estimate of drug-likeness (QED) is 0.531. The van der Waals surface area contributed by atoms with Crippen molar-refractivity contribution in [2.75, 3.05) is 18.9 Å². The van der Waals surface area contributed by atoms with Crippen molar-refractivity contribution in [1.82, 2.24) is 4.72 Å². The Bertz CT molecular complexity index is 489. The highest BCUT2D eigenvalue weighted by molar-refractivity contribution is 7.89. The predicted octanol–water partition coefficient (Wildman–Crippen LogP) is 0.936. The number of aliphatic hydroxyl groups excluding tert-OH is 1. The van der Waals surface area contributed by atoms with E-state index in [1.165, 1.54) is 6.07 Å². The molecule has 0 saturated carbocycles. The van der Waals surface area contributed by atoms with Gasteiger partial charge in [-0.3, -0.25) is 0 Å². The fourth-order valence-electron chi connectivity index (χ4n) is 1.53. The minimum atomic E-state index is -3.51. The summed E-state index contributed by atoms with van der Waals surface area (Å²) in [5.74, 6) is 0. The summed E-state index contributed by atoms with van der Waals surface area (Å²) in [6, 6.07) is 3.08. The highest BCUT2D eigenvalue weighted by Gasteiger charge is 2.15. The van der Waals surface area contributed by atoms with Crippen LogP contribution < -0.4 is 10.5 Å². The molecule has 6 heteroatoms. The smallest absolute Gasteiger partial charge is 0.240 e. The molecule has 5 nitrogen and oxygen atoms in total. The van der Waals surface area contributed by atoms with Crippen LogP contribution in [0.4, 0.5) is 5.69 Å². The van der Waals surface area contributed by atoms with Crippen LogP contribution in [-0.2, 0) is 10.0 Å². The Labute approximate surface area is 108 Å². The van der Waals surface area contributed by atoms with E-state index in [4.69, 9.17) is 10.8 Å². The van der Waals surface area contributed by atoms with Crippen LogP contribution in [0.1, 0.15) is 24.0 Å². The number of hydrogen-bond acceptors (Lipinski definition) is 4. The van der Waals surface area contributed by atoms with Gasteiger partial charge in [0.2, 0.25) is 10.0 Å². The molecule has 0 unspecified atom stereocenters. The van der Waals surface area contributed by atoms with Gasteiger partial charge in [0, 0.05) is 18.8 Å². The molecule has 0 fully saturated rings. The van der Waals surface area contributed by atoms with Crippen LogP contribution in [0.25, 0.3) is 0 Å². The lowest BCUT2D eigenvalue weighted by molar-refractivity contribution is 0.285. The van der Waals surface area contributed by atoms with Crippen molar-refractivity contribution < 1.29 is 13.5 Å². The van der Waals surface area contributed by atoms with E-state index in [9.17, 15) is 8.42 Å². The Kier molecular flexibility index (Phi) is 5.13. The zero-order valence-corrected chi connectivity index (χ0v) is 11.5. The largest absolute Gasteiger partial charge is 0.398 e. The molecule has 0 aromatic heterocycles. The maximum atomic E-state index is 12.0. The second-order valence-corrected chi connectivity index (χ2v) is 6.05. The molecule has 0 saturated heterocycles. The number of aliphatic hydroxyl groups is 1. The minimum absolute atomic E-state index is 0.0678. The van der Waals surface area contributed by atoms with E-state index in [0.29, 0.717) is 25.1 Å². The van der Waals surface area contributed by atoms with Gasteiger partial charge in [0.1, 0.15) is 0 Å². The second kappa shape index (κ2) is 6.17. The monoisotopic (exact) mass is 272 g/mol. The Hall–Kier alpha value is -1.11. The molecule has 102 valence electrons. The first-order valence-electron chi connectivity index (χ1n) is 5.85. The van der Waals surface area contributed by atoms with Crippen molar-refractivity contribution in [2.45, 2.75) is 31.6 Å². The lowest BCUT2D eigenvalue weighted by Crippen LogP contribution is -2.25. The highest BCUT2D eigenvalue weighted by atomic mass is 32.2. The number of sulfonamides is 1. The molecule has 0 atom stereocenters. The van der Waals surface area contributed by atoms with Gasteiger partial charge in [-0.25, -0.2) is 13.1 Å². The summed E-state index contributed by atoms with van der Waals surface area (Å²) in [5, 5.41) is 8.62. The summed E-state index contributed by atoms with van der Waals surface area (Å²) in [6.07, 6.45) is 1.19. The minimum Gasteiger partial charge on any atom is -0.398 e. The zero-order chi connectivity index (χ0) is 13.8. The summed E-state index contributed by atoms with van der Waals surface area (Å²) in [6.45, 7) is 4.07. The molecule has 0 heterocycles. The normalized spacial score (nSPS) is 11.7. The van der Waals surface area contributed by atoms with E-state index in [2.05, 4.69) is 4.72 Å². The zero-order valence-electron chi connectivity index (χ0n) is 10.7. The van der Waals surface area contributed by atoms with Crippen molar-refractivity contribution in [3.05, 3.63) is 23.3 Å². The van der Waals surface area contributed by atoms with Crippen LogP contribution >= 0.6 is 0 Å². The van der Waals surface area contributed by atoms with Gasteiger partial charge in [-0.15, -0.1) is 0 Å². The van der Waals surface area contributed by atoms with Crippen molar-refractivity contribution in [2.24, 2.45) is 0 Å². The Morgan fingerprint density at radius 2 is 1.94 bits per heavy atom. The van der Waals surface area contributed by atoms with Crippen molar-refractivity contribution >= 4 is 15.7 Å². The van der Waals surface area contributed by atoms with Gasteiger partial charge in [-0.2, -0.15) is 0 Å². The number of hydrogen-bond donors (Lipinski definition) is 3. The number of unbranched alkanes of at least 4 members (excludes halogenated alkanes) is 1. The number of aryl methyl sites for hydroxylation is 1. The molecule has 0 radical (unpaired) electrons. The van der Waals surface area contributed by atoms with E-state index in [0.717, 1.165) is 11.1 Å². The number of anilines is 1. The highest BCUT2D eigenvalue weighted by Crippen LogP contribution is 2.21. The van der Waals surface area contributed by atoms with Crippen LogP contribution in [0, 0.1) is 13.8 Å². The van der Waals surface area contributed by atoms with Gasteiger partial charge >= 0.3 is 0 Å². The number of nitrogen functional groups attached to an aromatic ring is 1. The molecule has 0 aliphatic heterocycles. The molecule has 4 N–H and O–H groups in total. The molecular weight excluding hydrogens is 252 g/mol. The molecule has 0 aliphatic rings. The van der Waals surface area contributed by atoms with Crippen LogP contribution in [0.15, 0.2) is 17.0 Å². The topological polar surface area (TPSA) is 92.4 Å². The first-order chi connectivity index (χ1) is 8.38. The number of rotatable bonds is 6. The summed E-state index contributed by atoms with van der Waals surface area (Å²) in [5.41, 5.74) is 8.00. The Morgan fingerprint density at radius 3 is 2.50 bits per heavy atom. The van der Waals surface area contributed by atoms with Crippen LogP contribution in [0.5, 0.6) is 0 Å². The number of nitrogens with two attached hydrogens (primary N) is 1. The summed E-state index contributed by atoms with van der Waals surface area (Å²) < 4.78 is 26.5. The molecule has 1 aromatic carbocycles. The summed E-state index contributed by atoms with van der Waals surface area (Å²) in [7, 11) is -3.51. The average Bonchev–Trinajstić information content (AvgIpc) is 2.31. The van der Waals surface area contributed by atoms with Crippen LogP contribution in [-0.4, -0.2) is 26.7 Å². The fraction of sp³-hybridized carbons (Fsp3) is 0.500. The van der Waals surface area contributed by atoms with Crippen LogP contribution in [0.2, 0.25) is 0 Å². The lowest BCUT2D eigenvalue weighted by atomic mass is 10.1. The molecule has 0 bridgehead atoms. The van der Waals surface area contributed by atoms with Gasteiger partial charge in [0.15, 0.2) is 0 Å². The standard InChI is InChI=1S/C12H20N2O3S/c1-9-7-11(8-12(13)10(9)2)18(16,17)14-5-3-4-6-15/h7-8,14-15H,3-6,13H2,1-2H3. The van der Waals surface area contributed by atoms with E-state index in [1.54, 1.807) is 6.07 Å². The maximum absolute atomic E-state index is 12.0. The van der Waals surface area contributed by atoms with Gasteiger partial charge < -0.3 is 10.8 Å². The van der Waals surface area contributed by atoms with Gasteiger partial charge in [0.05, 0.1) is 4.90 Å². The third-order valence-corrected chi connectivity index (χ3v) is 4.31. The van der Waals surface area contributed by atoms with Crippen molar-refractivity contribution in [3.8, 4) is 0 Å². The third-order valence-electron chi connectivity index (χ3n) is 2.87. The second-order valence-electron chi connectivity index (χ2n) is 4.28. The number of nitrogens with one attached hydrogen (secondary N) is 1. The SMILES string of the molecule is Cc1cc(S(=O)(=O)NCCCCO)cc(N)c1C. The van der Waals surface area contributed by atoms with Gasteiger partial charge in [-0.05, 0) is 49.9 Å². The molecular formula is C12H20N2O3S. The first kappa shape index (κ1) is 14.9. The molecule has 0 aliphatic carbocycles. The van der Waals surface area contributed by atoms with Crippen molar-refractivity contribution in [3.63, 3.8) is 0 Å². The number of benzene rings is 1. The molecule has 1 aromatic rings. The maximum Gasteiger partial charge on any atom is 0.240 e. The Morgan fingerprint density at radius 1 is 1.28 bits per heavy atom. The van der Waals surface area contributed by atoms with Gasteiger partial charge in [0.25, 0.3) is 0 Å². The van der Waals surface area contributed by atoms with E-state index >= 15 is 0 Å². The van der Waals surface area contributed by atoms with E-state index in [1.807, 2.05) is 13.8 Å². The summed E-state index contributed by atoms with van der Waals surface area (Å²) >= 11 is 0. The van der Waals surface area contributed by atoms with E-state index < -0.39 is 10.0 Å². The molecule has 0 spiro atoms. The predicted molar refractivity (Wildman–Crippen MR) is 71.8 cm³/mol. The van der Waals surface area contributed by atoms with E-state index in [-0.39, 0.29) is 11.5 Å². The molecule has 18 heavy (non-hydrogen) atoms. The molecule has 0 amide bonds. The first-order valence-corrected chi connectivity index (χ1v) is 7.34. The molecule has 1 rings (SSSR count). The van der Waals surface area contributed by atoms with Crippen LogP contribution in [0.3, 0.4) is 0 Å². The fourth-order valence-corrected chi connectivity index (χ4v) is 2.73. The summed E-state index contributed by atoms with van der Waals surface area (Å²) in [4.78, 5) is 0.187. The average molecular weight is 272 g/mol. The Balaban J connectivity index is 2.85. The van der Waals surface area contributed by atoms with Crippen molar-refractivity contribution in [1.29, 1.82) is 0 Å². The van der Waals surface area contributed by atoms with Gasteiger partial charge in [-0.1, -0.05) is 0 Å². The lowest BCUT2D eigenvalue weighted by Gasteiger charge is -2.10.